The molecule has 0 aliphatic heterocycles. The molecule has 0 radical (unpaired) electrons. The van der Waals surface area contributed by atoms with Crippen molar-refractivity contribution in [1.29, 1.82) is 0 Å². The smallest absolute Gasteiger partial charge is 0.241 e. The Morgan fingerprint density at radius 3 is 2.44 bits per heavy atom. The topological polar surface area (TPSA) is 84.3 Å². The number of hydrogen-bond acceptors (Lipinski definition) is 4. The normalized spacial score (nSPS) is 19.9. The highest BCUT2D eigenvalue weighted by Gasteiger charge is 2.46. The van der Waals surface area contributed by atoms with E-state index in [1.165, 1.54) is 24.3 Å². The lowest BCUT2D eigenvalue weighted by Gasteiger charge is -2.29. The van der Waals surface area contributed by atoms with Gasteiger partial charge in [-0.2, -0.15) is 0 Å². The second kappa shape index (κ2) is 10.8. The van der Waals surface area contributed by atoms with Gasteiger partial charge in [0.1, 0.15) is 17.5 Å². The Morgan fingerprint density at radius 1 is 1.05 bits per heavy atom. The number of amides is 1. The molecule has 4 aromatic rings. The molecule has 10 heteroatoms. The number of carbonyl (C=O) groups excluding carboxylic acids is 1. The van der Waals surface area contributed by atoms with Crippen molar-refractivity contribution >= 4 is 21.6 Å². The minimum absolute atomic E-state index is 0.00525. The van der Waals surface area contributed by atoms with E-state index in [0.717, 1.165) is 41.7 Å². The zero-order valence-corrected chi connectivity index (χ0v) is 23.3. The minimum Gasteiger partial charge on any atom is -0.337 e. The van der Waals surface area contributed by atoms with E-state index in [0.29, 0.717) is 24.4 Å². The number of carbonyl (C=O) groups is 1. The van der Waals surface area contributed by atoms with Crippen LogP contribution in [0.3, 0.4) is 0 Å². The molecule has 1 fully saturated rings. The third-order valence-electron chi connectivity index (χ3n) is 8.07. The fourth-order valence-electron chi connectivity index (χ4n) is 5.68. The predicted molar refractivity (Wildman–Crippen MR) is 150 cm³/mol. The summed E-state index contributed by atoms with van der Waals surface area (Å²) < 4.78 is 57.9. The first-order valence-corrected chi connectivity index (χ1v) is 15.1. The van der Waals surface area contributed by atoms with E-state index in [1.54, 1.807) is 23.2 Å². The van der Waals surface area contributed by atoms with Gasteiger partial charge in [-0.25, -0.2) is 26.9 Å². The molecule has 1 aromatic heterocycles. The van der Waals surface area contributed by atoms with Crippen LogP contribution in [0.2, 0.25) is 0 Å². The zero-order chi connectivity index (χ0) is 28.7. The van der Waals surface area contributed by atoms with Gasteiger partial charge in [0.05, 0.1) is 11.4 Å². The van der Waals surface area contributed by atoms with E-state index in [1.807, 2.05) is 36.0 Å². The molecular weight excluding hydrogens is 546 g/mol. The zero-order valence-electron chi connectivity index (χ0n) is 22.5. The van der Waals surface area contributed by atoms with Gasteiger partial charge in [-0.15, -0.1) is 0 Å². The maximum absolute atomic E-state index is 14.0. The summed E-state index contributed by atoms with van der Waals surface area (Å²) in [4.78, 5) is 20.1. The van der Waals surface area contributed by atoms with Crippen molar-refractivity contribution in [2.45, 2.75) is 49.1 Å². The number of hydrogen-bond donors (Lipinski definition) is 1. The Kier molecular flexibility index (Phi) is 7.21. The average Bonchev–Trinajstić information content (AvgIpc) is 3.66. The quantitative estimate of drug-likeness (QED) is 0.305. The molecule has 6 rings (SSSR count). The van der Waals surface area contributed by atoms with Crippen LogP contribution >= 0.6 is 0 Å². The minimum atomic E-state index is -3.90. The van der Waals surface area contributed by atoms with E-state index in [2.05, 4.69) is 9.71 Å². The lowest BCUT2D eigenvalue weighted by Crippen LogP contribution is -2.34. The van der Waals surface area contributed by atoms with E-state index < -0.39 is 21.9 Å². The second-order valence-electron chi connectivity index (χ2n) is 10.8. The monoisotopic (exact) mass is 576 g/mol. The van der Waals surface area contributed by atoms with E-state index in [4.69, 9.17) is 0 Å². The molecule has 1 heterocycles. The van der Waals surface area contributed by atoms with Gasteiger partial charge in [0.15, 0.2) is 0 Å². The van der Waals surface area contributed by atoms with Crippen molar-refractivity contribution in [3.63, 3.8) is 0 Å². The summed E-state index contributed by atoms with van der Waals surface area (Å²) in [5, 5.41) is 0. The highest BCUT2D eigenvalue weighted by molar-refractivity contribution is 7.89. The number of benzene rings is 3. The van der Waals surface area contributed by atoms with Gasteiger partial charge in [0.25, 0.3) is 0 Å². The number of aryl methyl sites for hydroxylation is 2. The Hall–Kier alpha value is -3.89. The van der Waals surface area contributed by atoms with Crippen LogP contribution in [0.5, 0.6) is 0 Å². The fourth-order valence-corrected chi connectivity index (χ4v) is 6.93. The number of sulfonamides is 1. The molecular formula is C31H30F2N4O3S. The van der Waals surface area contributed by atoms with Crippen LogP contribution in [0.25, 0.3) is 0 Å². The SMILES string of the molecule is Cn1ccnc1CN(C(=O)[C@H]1C[C@H]1c1ccc(F)cc1)c1ccc2c(c1)[C@@H](NS(=O)(=O)c1ccc(F)cc1)CCC2. The molecule has 7 nitrogen and oxygen atoms in total. The number of nitrogens with one attached hydrogen (secondary N) is 1. The first-order valence-electron chi connectivity index (χ1n) is 13.6. The number of imidazole rings is 1. The number of rotatable bonds is 8. The van der Waals surface area contributed by atoms with Crippen molar-refractivity contribution in [2.75, 3.05) is 4.90 Å². The van der Waals surface area contributed by atoms with Gasteiger partial charge in [-0.05, 0) is 96.8 Å². The van der Waals surface area contributed by atoms with E-state index >= 15 is 0 Å². The lowest BCUT2D eigenvalue weighted by molar-refractivity contribution is -0.120. The largest absolute Gasteiger partial charge is 0.337 e. The Bertz CT molecular complexity index is 1690. The highest BCUT2D eigenvalue weighted by Crippen LogP contribution is 2.49. The van der Waals surface area contributed by atoms with Crippen LogP contribution < -0.4 is 9.62 Å². The van der Waals surface area contributed by atoms with Crippen molar-refractivity contribution in [3.05, 3.63) is 113 Å². The van der Waals surface area contributed by atoms with Gasteiger partial charge >= 0.3 is 0 Å². The molecule has 0 unspecified atom stereocenters. The number of aromatic nitrogens is 2. The van der Waals surface area contributed by atoms with Gasteiger partial charge in [0.2, 0.25) is 15.9 Å². The number of fused-ring (bicyclic) bond motifs is 1. The first-order chi connectivity index (χ1) is 19.7. The molecule has 0 saturated heterocycles. The van der Waals surface area contributed by atoms with Crippen LogP contribution in [0.4, 0.5) is 14.5 Å². The predicted octanol–water partition coefficient (Wildman–Crippen LogP) is 5.39. The fraction of sp³-hybridized carbons (Fsp3) is 0.290. The van der Waals surface area contributed by atoms with Gasteiger partial charge in [-0.1, -0.05) is 18.2 Å². The molecule has 1 amide bonds. The standard InChI is InChI=1S/C31H30F2N4O3S/c1-36-16-15-34-30(36)19-37(31(38)28-18-26(28)21-5-8-22(32)9-6-21)24-12-7-20-3-2-4-29(27(20)17-24)35-41(39,40)25-13-10-23(33)11-14-25/h5-17,26,28-29,35H,2-4,18-19H2,1H3/t26-,28-,29-/m0/s1. The summed E-state index contributed by atoms with van der Waals surface area (Å²) in [6, 6.07) is 16.3. The van der Waals surface area contributed by atoms with Crippen molar-refractivity contribution in [3.8, 4) is 0 Å². The van der Waals surface area contributed by atoms with Crippen LogP contribution in [-0.2, 0) is 34.8 Å². The third kappa shape index (κ3) is 5.67. The maximum atomic E-state index is 14.0. The second-order valence-corrected chi connectivity index (χ2v) is 12.5. The van der Waals surface area contributed by atoms with Gasteiger partial charge in [-0.3, -0.25) is 4.79 Å². The number of anilines is 1. The Labute approximate surface area is 237 Å². The van der Waals surface area contributed by atoms with E-state index in [9.17, 15) is 22.0 Å². The maximum Gasteiger partial charge on any atom is 0.241 e. The summed E-state index contributed by atoms with van der Waals surface area (Å²) in [6.07, 6.45) is 6.38. The summed E-state index contributed by atoms with van der Waals surface area (Å²) in [5.74, 6) is -0.395. The molecule has 1 saturated carbocycles. The highest BCUT2D eigenvalue weighted by atomic mass is 32.2. The molecule has 2 aliphatic carbocycles. The van der Waals surface area contributed by atoms with Crippen molar-refractivity contribution in [1.82, 2.24) is 14.3 Å². The lowest BCUT2D eigenvalue weighted by atomic mass is 9.87. The Morgan fingerprint density at radius 2 is 1.76 bits per heavy atom. The molecule has 0 bridgehead atoms. The molecule has 1 N–H and O–H groups in total. The van der Waals surface area contributed by atoms with Crippen molar-refractivity contribution in [2.24, 2.45) is 13.0 Å². The summed E-state index contributed by atoms with van der Waals surface area (Å²) in [6.45, 7) is 0.250. The van der Waals surface area contributed by atoms with Crippen LogP contribution in [0.15, 0.2) is 84.0 Å². The molecule has 3 atom stereocenters. The van der Waals surface area contributed by atoms with Gasteiger partial charge in [0, 0.05) is 37.1 Å². The molecule has 41 heavy (non-hydrogen) atoms. The first kappa shape index (κ1) is 27.3. The van der Waals surface area contributed by atoms with Gasteiger partial charge < -0.3 is 9.47 Å². The average molecular weight is 577 g/mol. The molecule has 3 aromatic carbocycles. The number of nitrogens with zero attached hydrogens (tertiary/aromatic N) is 3. The van der Waals surface area contributed by atoms with E-state index in [-0.39, 0.29) is 35.0 Å². The van der Waals surface area contributed by atoms with Crippen LogP contribution in [0.1, 0.15) is 53.7 Å². The van der Waals surface area contributed by atoms with Crippen LogP contribution in [-0.4, -0.2) is 23.9 Å². The molecule has 212 valence electrons. The van der Waals surface area contributed by atoms with Crippen molar-refractivity contribution < 1.29 is 22.0 Å². The molecule has 0 spiro atoms. The van der Waals surface area contributed by atoms with Crippen LogP contribution in [0, 0.1) is 17.6 Å². The summed E-state index contributed by atoms with van der Waals surface area (Å²) in [7, 11) is -2.03. The Balaban J connectivity index is 1.31. The number of halogens is 2. The summed E-state index contributed by atoms with van der Waals surface area (Å²) >= 11 is 0. The third-order valence-corrected chi connectivity index (χ3v) is 9.56. The summed E-state index contributed by atoms with van der Waals surface area (Å²) in [5.41, 5.74) is 3.44. The molecule has 2 aliphatic rings.